The van der Waals surface area contributed by atoms with Gasteiger partial charge < -0.3 is 9.47 Å². The van der Waals surface area contributed by atoms with Crippen LogP contribution in [-0.4, -0.2) is 24.1 Å². The molecule has 4 nitrogen and oxygen atoms in total. The average Bonchev–Trinajstić information content (AvgIpc) is 2.84. The maximum atomic E-state index is 13.1. The van der Waals surface area contributed by atoms with Crippen molar-refractivity contribution in [3.63, 3.8) is 0 Å². The molecule has 27 heavy (non-hydrogen) atoms. The van der Waals surface area contributed by atoms with Gasteiger partial charge in [0.05, 0.1) is 11.5 Å². The van der Waals surface area contributed by atoms with Crippen LogP contribution < -0.4 is 0 Å². The van der Waals surface area contributed by atoms with E-state index in [9.17, 15) is 9.59 Å². The fourth-order valence-electron chi connectivity index (χ4n) is 5.47. The Morgan fingerprint density at radius 3 is 2.70 bits per heavy atom. The van der Waals surface area contributed by atoms with E-state index in [1.54, 1.807) is 0 Å². The first-order chi connectivity index (χ1) is 13.1. The second kappa shape index (κ2) is 6.36. The number of rotatable bonds is 3. The summed E-state index contributed by atoms with van der Waals surface area (Å²) in [4.78, 5) is 25.3. The number of esters is 2. The zero-order chi connectivity index (χ0) is 18.5. The van der Waals surface area contributed by atoms with Gasteiger partial charge in [0, 0.05) is 5.92 Å². The van der Waals surface area contributed by atoms with E-state index in [-0.39, 0.29) is 36.0 Å². The van der Waals surface area contributed by atoms with E-state index in [0.29, 0.717) is 11.5 Å². The summed E-state index contributed by atoms with van der Waals surface area (Å²) in [6, 6.07) is 11.9. The molecule has 4 aliphatic rings. The SMILES string of the molecule is CCc1ccc(C(=O)OC2C3CC4CC(C3)C(=O)OC2C4)c2ccccc12. The fraction of sp³-hybridized carbons (Fsp3) is 0.478. The molecule has 0 N–H and O–H groups in total. The van der Waals surface area contributed by atoms with Crippen molar-refractivity contribution in [2.75, 3.05) is 0 Å². The topological polar surface area (TPSA) is 52.6 Å². The van der Waals surface area contributed by atoms with Crippen molar-refractivity contribution in [1.82, 2.24) is 0 Å². The Balaban J connectivity index is 1.46. The van der Waals surface area contributed by atoms with Crippen LogP contribution in [0.3, 0.4) is 0 Å². The molecule has 0 aromatic heterocycles. The standard InChI is InChI=1S/C23H24O4/c1-2-14-7-8-19(18-6-4-3-5-17(14)18)23(25)27-21-15-9-13-10-16(12-15)22(24)26-20(21)11-13/h3-8,13,15-16,20-21H,2,9-12H2,1H3. The molecule has 0 radical (unpaired) electrons. The van der Waals surface area contributed by atoms with Crippen molar-refractivity contribution < 1.29 is 19.1 Å². The molecule has 140 valence electrons. The van der Waals surface area contributed by atoms with Crippen molar-refractivity contribution in [3.05, 3.63) is 47.5 Å². The Hall–Kier alpha value is -2.36. The minimum absolute atomic E-state index is 0.00730. The third kappa shape index (κ3) is 2.73. The fourth-order valence-corrected chi connectivity index (χ4v) is 5.47. The molecular weight excluding hydrogens is 340 g/mol. The van der Waals surface area contributed by atoms with Crippen LogP contribution in [0.1, 0.15) is 48.5 Å². The van der Waals surface area contributed by atoms with E-state index < -0.39 is 0 Å². The van der Waals surface area contributed by atoms with Gasteiger partial charge in [-0.25, -0.2) is 4.79 Å². The highest BCUT2D eigenvalue weighted by Gasteiger charge is 2.51. The van der Waals surface area contributed by atoms with Crippen molar-refractivity contribution in [2.24, 2.45) is 17.8 Å². The number of ether oxygens (including phenoxy) is 2. The minimum atomic E-state index is -0.312. The molecule has 6 rings (SSSR count). The van der Waals surface area contributed by atoms with Crippen molar-refractivity contribution >= 4 is 22.7 Å². The van der Waals surface area contributed by atoms with Crippen LogP contribution in [0.4, 0.5) is 0 Å². The Morgan fingerprint density at radius 1 is 1.07 bits per heavy atom. The second-order valence-electron chi connectivity index (χ2n) is 8.28. The van der Waals surface area contributed by atoms with Gasteiger partial charge >= 0.3 is 11.9 Å². The molecule has 0 spiro atoms. The molecule has 0 amide bonds. The third-order valence-corrected chi connectivity index (χ3v) is 6.70. The maximum Gasteiger partial charge on any atom is 0.339 e. The molecule has 2 saturated carbocycles. The minimum Gasteiger partial charge on any atom is -0.458 e. The molecule has 2 saturated heterocycles. The number of hydrogen-bond acceptors (Lipinski definition) is 4. The molecular formula is C23H24O4. The first-order valence-electron chi connectivity index (χ1n) is 10.1. The Bertz CT molecular complexity index is 918. The van der Waals surface area contributed by atoms with Crippen LogP contribution in [0.5, 0.6) is 0 Å². The summed E-state index contributed by atoms with van der Waals surface area (Å²) in [7, 11) is 0. The number of aryl methyl sites for hydroxylation is 1. The Kier molecular flexibility index (Phi) is 3.96. The van der Waals surface area contributed by atoms with Crippen LogP contribution in [0, 0.1) is 17.8 Å². The first kappa shape index (κ1) is 16.8. The molecule has 4 heteroatoms. The largest absolute Gasteiger partial charge is 0.458 e. The number of carbonyl (C=O) groups is 2. The second-order valence-corrected chi connectivity index (χ2v) is 8.28. The summed E-state index contributed by atoms with van der Waals surface area (Å²) in [5, 5.41) is 2.03. The predicted octanol–water partition coefficient (Wildman–Crippen LogP) is 4.29. The average molecular weight is 364 g/mol. The van der Waals surface area contributed by atoms with Gasteiger partial charge in [-0.05, 0) is 60.4 Å². The van der Waals surface area contributed by atoms with Gasteiger partial charge in [-0.3, -0.25) is 4.79 Å². The summed E-state index contributed by atoms with van der Waals surface area (Å²) < 4.78 is 11.7. The highest BCUT2D eigenvalue weighted by Crippen LogP contribution is 2.48. The lowest BCUT2D eigenvalue weighted by molar-refractivity contribution is -0.156. The quantitative estimate of drug-likeness (QED) is 0.763. The molecule has 2 aromatic carbocycles. The van der Waals surface area contributed by atoms with Gasteiger partial charge in [0.2, 0.25) is 0 Å². The number of hydrogen-bond donors (Lipinski definition) is 0. The number of fused-ring (bicyclic) bond motifs is 2. The zero-order valence-electron chi connectivity index (χ0n) is 15.5. The molecule has 2 aromatic rings. The van der Waals surface area contributed by atoms with Gasteiger partial charge in [0.25, 0.3) is 0 Å². The molecule has 2 heterocycles. The van der Waals surface area contributed by atoms with Crippen molar-refractivity contribution in [3.8, 4) is 0 Å². The normalized spacial score (nSPS) is 31.6. The van der Waals surface area contributed by atoms with Crippen molar-refractivity contribution in [1.29, 1.82) is 0 Å². The summed E-state index contributed by atoms with van der Waals surface area (Å²) in [5.74, 6) is 0.367. The molecule has 4 bridgehead atoms. The highest BCUT2D eigenvalue weighted by atomic mass is 16.6. The number of carbonyl (C=O) groups excluding carboxylic acids is 2. The lowest BCUT2D eigenvalue weighted by Crippen LogP contribution is -2.45. The van der Waals surface area contributed by atoms with Crippen molar-refractivity contribution in [2.45, 2.75) is 51.2 Å². The molecule has 4 fully saturated rings. The van der Waals surface area contributed by atoms with Crippen LogP contribution in [0.25, 0.3) is 10.8 Å². The van der Waals surface area contributed by atoms with Gasteiger partial charge in [-0.15, -0.1) is 0 Å². The third-order valence-electron chi connectivity index (χ3n) is 6.70. The molecule has 2 aliphatic carbocycles. The summed E-state index contributed by atoms with van der Waals surface area (Å²) in [6.07, 6.45) is 3.92. The van der Waals surface area contributed by atoms with E-state index in [2.05, 4.69) is 13.0 Å². The monoisotopic (exact) mass is 364 g/mol. The van der Waals surface area contributed by atoms with E-state index in [1.807, 2.05) is 30.3 Å². The smallest absolute Gasteiger partial charge is 0.339 e. The van der Waals surface area contributed by atoms with Gasteiger partial charge in [0.1, 0.15) is 12.2 Å². The van der Waals surface area contributed by atoms with Crippen LogP contribution in [0.2, 0.25) is 0 Å². The van der Waals surface area contributed by atoms with Crippen LogP contribution >= 0.6 is 0 Å². The lowest BCUT2D eigenvalue weighted by atomic mass is 9.67. The maximum absolute atomic E-state index is 13.1. The van der Waals surface area contributed by atoms with Crippen LogP contribution in [0.15, 0.2) is 36.4 Å². The Morgan fingerprint density at radius 2 is 1.89 bits per heavy atom. The van der Waals surface area contributed by atoms with E-state index in [1.165, 1.54) is 5.56 Å². The van der Waals surface area contributed by atoms with Gasteiger partial charge in [-0.2, -0.15) is 0 Å². The zero-order valence-corrected chi connectivity index (χ0v) is 15.5. The first-order valence-corrected chi connectivity index (χ1v) is 10.1. The Labute approximate surface area is 158 Å². The summed E-state index contributed by atoms with van der Waals surface area (Å²) in [5.41, 5.74) is 1.82. The van der Waals surface area contributed by atoms with Crippen LogP contribution in [-0.2, 0) is 20.7 Å². The van der Waals surface area contributed by atoms with E-state index >= 15 is 0 Å². The highest BCUT2D eigenvalue weighted by molar-refractivity contribution is 6.05. The predicted molar refractivity (Wildman–Crippen MR) is 101 cm³/mol. The van der Waals surface area contributed by atoms with Gasteiger partial charge in [-0.1, -0.05) is 37.3 Å². The molecule has 5 unspecified atom stereocenters. The summed E-state index contributed by atoms with van der Waals surface area (Å²) >= 11 is 0. The number of benzene rings is 2. The summed E-state index contributed by atoms with van der Waals surface area (Å²) in [6.45, 7) is 2.12. The molecule has 5 atom stereocenters. The van der Waals surface area contributed by atoms with Gasteiger partial charge in [0.15, 0.2) is 0 Å². The molecule has 2 aliphatic heterocycles. The lowest BCUT2D eigenvalue weighted by Gasteiger charge is -2.41. The van der Waals surface area contributed by atoms with E-state index in [4.69, 9.17) is 9.47 Å². The van der Waals surface area contributed by atoms with E-state index in [0.717, 1.165) is 42.9 Å².